The summed E-state index contributed by atoms with van der Waals surface area (Å²) in [4.78, 5) is 22.4. The number of fused-ring (bicyclic) bond motifs is 1. The number of halogens is 1. The molecule has 5 aromatic rings. The van der Waals surface area contributed by atoms with Gasteiger partial charge in [-0.1, -0.05) is 46.2 Å². The first-order chi connectivity index (χ1) is 14.2. The summed E-state index contributed by atoms with van der Waals surface area (Å²) in [6, 6.07) is 11.2. The second-order valence-corrected chi connectivity index (χ2v) is 7.53. The van der Waals surface area contributed by atoms with Gasteiger partial charge in [0.15, 0.2) is 11.2 Å². The van der Waals surface area contributed by atoms with Gasteiger partial charge in [-0.3, -0.25) is 9.36 Å². The molecular formula is C18H12ClN7O2S. The van der Waals surface area contributed by atoms with Gasteiger partial charge in [-0.25, -0.2) is 9.67 Å². The monoisotopic (exact) mass is 425 g/mol. The van der Waals surface area contributed by atoms with E-state index in [-0.39, 0.29) is 17.6 Å². The van der Waals surface area contributed by atoms with Crippen LogP contribution in [0.3, 0.4) is 0 Å². The van der Waals surface area contributed by atoms with E-state index in [1.807, 2.05) is 35.7 Å². The van der Waals surface area contributed by atoms with E-state index in [0.29, 0.717) is 28.9 Å². The molecule has 4 heterocycles. The largest absolute Gasteiger partial charge is 0.337 e. The Hall–Kier alpha value is -3.37. The van der Waals surface area contributed by atoms with Crippen LogP contribution in [0, 0.1) is 0 Å². The van der Waals surface area contributed by atoms with Crippen LogP contribution in [0.1, 0.15) is 11.5 Å². The second kappa shape index (κ2) is 7.22. The number of nitrogens with zero attached hydrogens (tertiary/aromatic N) is 7. The van der Waals surface area contributed by atoms with Crippen molar-refractivity contribution in [2.24, 2.45) is 0 Å². The van der Waals surface area contributed by atoms with Crippen LogP contribution in [0.2, 0.25) is 5.02 Å². The lowest BCUT2D eigenvalue weighted by Crippen LogP contribution is -2.21. The minimum atomic E-state index is -0.337. The molecule has 11 heteroatoms. The molecule has 0 saturated heterocycles. The van der Waals surface area contributed by atoms with Crippen LogP contribution < -0.4 is 5.56 Å². The Morgan fingerprint density at radius 1 is 1.14 bits per heavy atom. The van der Waals surface area contributed by atoms with Crippen molar-refractivity contribution >= 4 is 34.1 Å². The molecule has 9 nitrogen and oxygen atoms in total. The molecule has 0 amide bonds. The predicted molar refractivity (Wildman–Crippen MR) is 107 cm³/mol. The fraction of sp³-hybridized carbons (Fsp3) is 0.111. The van der Waals surface area contributed by atoms with Crippen LogP contribution in [-0.4, -0.2) is 34.7 Å². The van der Waals surface area contributed by atoms with Crippen molar-refractivity contribution in [3.05, 3.63) is 74.9 Å². The highest BCUT2D eigenvalue weighted by Gasteiger charge is 2.16. The Balaban J connectivity index is 1.44. The zero-order chi connectivity index (χ0) is 19.8. The third-order valence-electron chi connectivity index (χ3n) is 4.29. The van der Waals surface area contributed by atoms with Gasteiger partial charge in [0.25, 0.3) is 5.56 Å². The lowest BCUT2D eigenvalue weighted by Gasteiger charge is -2.05. The maximum absolute atomic E-state index is 12.8. The van der Waals surface area contributed by atoms with Gasteiger partial charge in [-0.15, -0.1) is 16.4 Å². The summed E-state index contributed by atoms with van der Waals surface area (Å²) >= 11 is 7.72. The average molecular weight is 426 g/mol. The number of hydrogen-bond acceptors (Lipinski definition) is 8. The Kier molecular flexibility index (Phi) is 4.41. The molecule has 0 radical (unpaired) electrons. The summed E-state index contributed by atoms with van der Waals surface area (Å²) in [5.74, 6) is 0.794. The summed E-state index contributed by atoms with van der Waals surface area (Å²) in [5, 5.41) is 14.6. The first-order valence-corrected chi connectivity index (χ1v) is 9.83. The van der Waals surface area contributed by atoms with E-state index in [9.17, 15) is 4.79 Å². The van der Waals surface area contributed by atoms with E-state index in [4.69, 9.17) is 16.1 Å². The molecular weight excluding hydrogens is 414 g/mol. The highest BCUT2D eigenvalue weighted by atomic mass is 35.5. The quantitative estimate of drug-likeness (QED) is 0.426. The zero-order valence-electron chi connectivity index (χ0n) is 14.8. The van der Waals surface area contributed by atoms with E-state index in [1.165, 1.54) is 22.2 Å². The molecule has 0 atom stereocenters. The summed E-state index contributed by atoms with van der Waals surface area (Å²) in [6.07, 6.45) is 1.42. The Morgan fingerprint density at radius 2 is 2.03 bits per heavy atom. The molecule has 0 aliphatic carbocycles. The second-order valence-electron chi connectivity index (χ2n) is 6.18. The summed E-state index contributed by atoms with van der Waals surface area (Å²) < 4.78 is 8.17. The van der Waals surface area contributed by atoms with E-state index in [1.54, 1.807) is 10.7 Å². The Labute approximate surface area is 172 Å². The Morgan fingerprint density at radius 3 is 2.86 bits per heavy atom. The number of rotatable bonds is 5. The maximum atomic E-state index is 12.8. The molecule has 0 aliphatic heterocycles. The molecule has 0 fully saturated rings. The first-order valence-electron chi connectivity index (χ1n) is 8.57. The van der Waals surface area contributed by atoms with E-state index in [0.717, 1.165) is 10.4 Å². The van der Waals surface area contributed by atoms with Crippen LogP contribution in [-0.2, 0) is 13.1 Å². The predicted octanol–water partition coefficient (Wildman–Crippen LogP) is 2.85. The average Bonchev–Trinajstić information content (AvgIpc) is 3.47. The molecule has 0 saturated carbocycles. The molecule has 0 spiro atoms. The van der Waals surface area contributed by atoms with Crippen LogP contribution >= 0.6 is 22.9 Å². The first kappa shape index (κ1) is 17.7. The summed E-state index contributed by atoms with van der Waals surface area (Å²) in [7, 11) is 0. The van der Waals surface area contributed by atoms with Gasteiger partial charge >= 0.3 is 0 Å². The minimum Gasteiger partial charge on any atom is -0.337 e. The third kappa shape index (κ3) is 3.32. The topological polar surface area (TPSA) is 105 Å². The fourth-order valence-corrected chi connectivity index (χ4v) is 3.71. The van der Waals surface area contributed by atoms with Gasteiger partial charge in [0, 0.05) is 5.02 Å². The molecule has 0 aliphatic rings. The minimum absolute atomic E-state index is 0.0948. The van der Waals surface area contributed by atoms with E-state index >= 15 is 0 Å². The molecule has 0 N–H and O–H groups in total. The fourth-order valence-electron chi connectivity index (χ4n) is 2.86. The van der Waals surface area contributed by atoms with Crippen LogP contribution in [0.4, 0.5) is 0 Å². The van der Waals surface area contributed by atoms with Crippen molar-refractivity contribution in [2.45, 2.75) is 13.1 Å². The van der Waals surface area contributed by atoms with Crippen molar-refractivity contribution in [3.8, 4) is 10.7 Å². The lowest BCUT2D eigenvalue weighted by molar-refractivity contribution is 0.369. The van der Waals surface area contributed by atoms with Gasteiger partial charge < -0.3 is 4.52 Å². The normalized spacial score (nSPS) is 11.3. The number of benzene rings is 1. The smallest absolute Gasteiger partial charge is 0.283 e. The van der Waals surface area contributed by atoms with Gasteiger partial charge in [0.1, 0.15) is 12.9 Å². The molecule has 144 valence electrons. The van der Waals surface area contributed by atoms with Crippen molar-refractivity contribution in [2.75, 3.05) is 0 Å². The van der Waals surface area contributed by atoms with E-state index in [2.05, 4.69) is 25.4 Å². The SMILES string of the molecule is O=c1c2nnn(Cc3ccccc3Cl)c2ncn1Cc1nc(-c2cccs2)no1. The summed E-state index contributed by atoms with van der Waals surface area (Å²) in [5.41, 5.74) is 1.07. The van der Waals surface area contributed by atoms with Gasteiger partial charge in [0.2, 0.25) is 11.7 Å². The molecule has 0 unspecified atom stereocenters. The van der Waals surface area contributed by atoms with Crippen molar-refractivity contribution in [3.63, 3.8) is 0 Å². The molecule has 4 aromatic heterocycles. The molecule has 0 bridgehead atoms. The number of hydrogen-bond donors (Lipinski definition) is 0. The molecule has 1 aromatic carbocycles. The van der Waals surface area contributed by atoms with E-state index < -0.39 is 0 Å². The van der Waals surface area contributed by atoms with Gasteiger partial charge in [0.05, 0.1) is 11.4 Å². The van der Waals surface area contributed by atoms with Crippen molar-refractivity contribution in [1.29, 1.82) is 0 Å². The van der Waals surface area contributed by atoms with Crippen LogP contribution in [0.15, 0.2) is 57.4 Å². The Bertz CT molecular complexity index is 1360. The number of thiophene rings is 1. The van der Waals surface area contributed by atoms with Gasteiger partial charge in [-0.05, 0) is 23.1 Å². The zero-order valence-corrected chi connectivity index (χ0v) is 16.3. The maximum Gasteiger partial charge on any atom is 0.283 e. The van der Waals surface area contributed by atoms with Crippen LogP contribution in [0.5, 0.6) is 0 Å². The molecule has 5 rings (SSSR count). The molecule has 29 heavy (non-hydrogen) atoms. The third-order valence-corrected chi connectivity index (χ3v) is 5.52. The number of aromatic nitrogens is 7. The van der Waals surface area contributed by atoms with Gasteiger partial charge in [-0.2, -0.15) is 4.98 Å². The van der Waals surface area contributed by atoms with Crippen molar-refractivity contribution < 1.29 is 4.52 Å². The standard InChI is InChI=1S/C18H12ClN7O2S/c19-12-5-2-1-4-11(12)8-26-17-15(22-24-26)18(27)25(10-20-17)9-14-21-16(23-28-14)13-6-3-7-29-13/h1-7,10H,8-9H2. The summed E-state index contributed by atoms with van der Waals surface area (Å²) in [6.45, 7) is 0.456. The van der Waals surface area contributed by atoms with Crippen molar-refractivity contribution in [1.82, 2.24) is 34.7 Å². The lowest BCUT2D eigenvalue weighted by atomic mass is 10.2. The highest BCUT2D eigenvalue weighted by Crippen LogP contribution is 2.21. The highest BCUT2D eigenvalue weighted by molar-refractivity contribution is 7.13. The van der Waals surface area contributed by atoms with Crippen LogP contribution in [0.25, 0.3) is 21.9 Å².